The van der Waals surface area contributed by atoms with Gasteiger partial charge in [-0.15, -0.1) is 11.6 Å². The molecule has 0 aromatic heterocycles. The Bertz CT molecular complexity index is 316. The molecule has 2 rings (SSSR count). The van der Waals surface area contributed by atoms with Gasteiger partial charge in [0.25, 0.3) is 0 Å². The van der Waals surface area contributed by atoms with E-state index in [-0.39, 0.29) is 17.9 Å². The zero-order valence-electron chi connectivity index (χ0n) is 8.83. The highest BCUT2D eigenvalue weighted by Gasteiger charge is 2.52. The third-order valence-electron chi connectivity index (χ3n) is 3.18. The summed E-state index contributed by atoms with van der Waals surface area (Å²) in [6.45, 7) is 1.91. The van der Waals surface area contributed by atoms with Gasteiger partial charge in [0.2, 0.25) is 5.91 Å². The number of amides is 1. The van der Waals surface area contributed by atoms with E-state index < -0.39 is 10.9 Å². The van der Waals surface area contributed by atoms with Crippen molar-refractivity contribution >= 4 is 23.5 Å². The second kappa shape index (κ2) is 3.37. The molecule has 2 heterocycles. The molecule has 15 heavy (non-hydrogen) atoms. The van der Waals surface area contributed by atoms with Gasteiger partial charge in [0, 0.05) is 17.3 Å². The van der Waals surface area contributed by atoms with Gasteiger partial charge in [-0.05, 0) is 19.8 Å². The number of carbonyl (C=O) groups excluding carboxylic acids is 2. The van der Waals surface area contributed by atoms with Crippen LogP contribution in [-0.2, 0) is 14.3 Å². The Morgan fingerprint density at radius 2 is 2.27 bits per heavy atom. The topological polar surface area (TPSA) is 46.6 Å². The van der Waals surface area contributed by atoms with Gasteiger partial charge in [-0.1, -0.05) is 0 Å². The maximum Gasteiger partial charge on any atom is 0.328 e. The van der Waals surface area contributed by atoms with Crippen molar-refractivity contribution in [1.29, 1.82) is 0 Å². The van der Waals surface area contributed by atoms with Crippen LogP contribution in [0.5, 0.6) is 0 Å². The summed E-state index contributed by atoms with van der Waals surface area (Å²) in [5.41, 5.74) is 0. The highest BCUT2D eigenvalue weighted by atomic mass is 35.5. The van der Waals surface area contributed by atoms with Gasteiger partial charge < -0.3 is 9.64 Å². The first kappa shape index (κ1) is 10.7. The van der Waals surface area contributed by atoms with Gasteiger partial charge in [0.05, 0.1) is 7.11 Å². The Labute approximate surface area is 93.5 Å². The summed E-state index contributed by atoms with van der Waals surface area (Å²) in [5.74, 6) is -0.331. The van der Waals surface area contributed by atoms with Crippen molar-refractivity contribution in [3.63, 3.8) is 0 Å². The lowest BCUT2D eigenvalue weighted by Gasteiger charge is -2.52. The van der Waals surface area contributed by atoms with E-state index in [2.05, 4.69) is 0 Å². The van der Waals surface area contributed by atoms with Crippen LogP contribution in [0.25, 0.3) is 0 Å². The molecule has 0 unspecified atom stereocenters. The predicted octanol–water partition coefficient (Wildman–Crippen LogP) is 0.920. The number of hydrogen-bond donors (Lipinski definition) is 0. The van der Waals surface area contributed by atoms with Gasteiger partial charge in [-0.25, -0.2) is 4.79 Å². The standard InChI is InChI=1S/C10H14ClNO3/c1-10(11)4-6-3-8(13)12(6)7(5-10)9(14)15-2/h6-7H,3-5H2,1-2H3/t6-,7+,10-/m0/s1. The van der Waals surface area contributed by atoms with Crippen molar-refractivity contribution in [3.8, 4) is 0 Å². The average molecular weight is 232 g/mol. The van der Waals surface area contributed by atoms with Gasteiger partial charge in [0.1, 0.15) is 6.04 Å². The molecule has 2 aliphatic heterocycles. The highest BCUT2D eigenvalue weighted by Crippen LogP contribution is 2.42. The third-order valence-corrected chi connectivity index (χ3v) is 3.49. The van der Waals surface area contributed by atoms with Crippen LogP contribution in [0.2, 0.25) is 0 Å². The fraction of sp³-hybridized carbons (Fsp3) is 0.800. The van der Waals surface area contributed by atoms with Crippen LogP contribution in [0.15, 0.2) is 0 Å². The molecule has 0 spiro atoms. The molecule has 0 radical (unpaired) electrons. The molecule has 0 aliphatic carbocycles. The van der Waals surface area contributed by atoms with Gasteiger partial charge in [0.15, 0.2) is 0 Å². The molecule has 0 saturated carbocycles. The van der Waals surface area contributed by atoms with Crippen LogP contribution in [0.4, 0.5) is 0 Å². The van der Waals surface area contributed by atoms with E-state index in [9.17, 15) is 9.59 Å². The summed E-state index contributed by atoms with van der Waals surface area (Å²) in [6, 6.07) is -0.365. The maximum absolute atomic E-state index is 11.5. The molecular formula is C10H14ClNO3. The number of rotatable bonds is 1. The molecule has 2 aliphatic rings. The fourth-order valence-corrected chi connectivity index (χ4v) is 2.83. The Balaban J connectivity index is 2.19. The lowest BCUT2D eigenvalue weighted by Crippen LogP contribution is -2.65. The summed E-state index contributed by atoms with van der Waals surface area (Å²) in [6.07, 6.45) is 1.74. The van der Waals surface area contributed by atoms with E-state index in [0.717, 1.165) is 6.42 Å². The van der Waals surface area contributed by atoms with E-state index in [0.29, 0.717) is 12.8 Å². The van der Waals surface area contributed by atoms with Crippen molar-refractivity contribution in [2.24, 2.45) is 0 Å². The minimum Gasteiger partial charge on any atom is -0.467 e. The molecule has 0 bridgehead atoms. The van der Waals surface area contributed by atoms with Gasteiger partial charge in [-0.2, -0.15) is 0 Å². The van der Waals surface area contributed by atoms with E-state index in [1.54, 1.807) is 4.90 Å². The molecule has 2 fully saturated rings. The highest BCUT2D eigenvalue weighted by molar-refractivity contribution is 6.24. The largest absolute Gasteiger partial charge is 0.467 e. The number of nitrogens with zero attached hydrogens (tertiary/aromatic N) is 1. The molecular weight excluding hydrogens is 218 g/mol. The second-order valence-electron chi connectivity index (χ2n) is 4.52. The third kappa shape index (κ3) is 1.71. The van der Waals surface area contributed by atoms with Crippen molar-refractivity contribution in [2.75, 3.05) is 7.11 Å². The summed E-state index contributed by atoms with van der Waals surface area (Å²) >= 11 is 6.26. The first-order valence-corrected chi connectivity index (χ1v) is 5.40. The quantitative estimate of drug-likeness (QED) is 0.383. The zero-order chi connectivity index (χ0) is 11.2. The Morgan fingerprint density at radius 3 is 2.80 bits per heavy atom. The summed E-state index contributed by atoms with van der Waals surface area (Å²) in [7, 11) is 1.34. The van der Waals surface area contributed by atoms with Crippen molar-refractivity contribution in [2.45, 2.75) is 43.1 Å². The smallest absolute Gasteiger partial charge is 0.328 e. The van der Waals surface area contributed by atoms with E-state index in [4.69, 9.17) is 16.3 Å². The molecule has 0 aromatic carbocycles. The van der Waals surface area contributed by atoms with Gasteiger partial charge in [-0.3, -0.25) is 4.79 Å². The Hall–Kier alpha value is -0.770. The van der Waals surface area contributed by atoms with E-state index in [1.807, 2.05) is 6.92 Å². The minimum atomic E-state index is -0.488. The number of fused-ring (bicyclic) bond motifs is 1. The van der Waals surface area contributed by atoms with Crippen LogP contribution < -0.4 is 0 Å². The number of β-lactam (4-membered cyclic amide) rings is 1. The van der Waals surface area contributed by atoms with Crippen molar-refractivity contribution in [3.05, 3.63) is 0 Å². The number of carbonyl (C=O) groups is 2. The second-order valence-corrected chi connectivity index (χ2v) is 5.43. The molecule has 4 nitrogen and oxygen atoms in total. The number of halogens is 1. The number of methoxy groups -OCH3 is 1. The molecule has 5 heteroatoms. The van der Waals surface area contributed by atoms with E-state index >= 15 is 0 Å². The van der Waals surface area contributed by atoms with Crippen molar-refractivity contribution in [1.82, 2.24) is 4.90 Å². The number of alkyl halides is 1. The lowest BCUT2D eigenvalue weighted by atomic mass is 9.80. The molecule has 1 amide bonds. The van der Waals surface area contributed by atoms with Crippen molar-refractivity contribution < 1.29 is 14.3 Å². The number of ether oxygens (including phenoxy) is 1. The van der Waals surface area contributed by atoms with Crippen LogP contribution in [0.3, 0.4) is 0 Å². The number of hydrogen-bond acceptors (Lipinski definition) is 3. The van der Waals surface area contributed by atoms with Gasteiger partial charge >= 0.3 is 5.97 Å². The van der Waals surface area contributed by atoms with E-state index in [1.165, 1.54) is 7.11 Å². The Kier molecular flexibility index (Phi) is 2.41. The SMILES string of the molecule is COC(=O)[C@H]1C[C@@](C)(Cl)C[C@@H]2CC(=O)N21. The monoisotopic (exact) mass is 231 g/mol. The first-order valence-electron chi connectivity index (χ1n) is 5.02. The summed E-state index contributed by atoms with van der Waals surface area (Å²) in [4.78, 5) is 24.1. The molecule has 0 N–H and O–H groups in total. The maximum atomic E-state index is 11.5. The lowest BCUT2D eigenvalue weighted by molar-refractivity contribution is -0.168. The number of piperidine rings is 1. The first-order chi connectivity index (χ1) is 6.94. The normalized spacial score (nSPS) is 39.4. The average Bonchev–Trinajstić information content (AvgIpc) is 2.13. The zero-order valence-corrected chi connectivity index (χ0v) is 9.58. The molecule has 2 saturated heterocycles. The fourth-order valence-electron chi connectivity index (χ4n) is 2.50. The van der Waals surface area contributed by atoms with Crippen LogP contribution in [0, 0.1) is 0 Å². The van der Waals surface area contributed by atoms with Crippen LogP contribution in [-0.4, -0.2) is 40.8 Å². The molecule has 0 aromatic rings. The molecule has 3 atom stereocenters. The Morgan fingerprint density at radius 1 is 1.60 bits per heavy atom. The predicted molar refractivity (Wildman–Crippen MR) is 54.5 cm³/mol. The van der Waals surface area contributed by atoms with Crippen LogP contribution in [0.1, 0.15) is 26.2 Å². The minimum absolute atomic E-state index is 0.0302. The van der Waals surface area contributed by atoms with Crippen LogP contribution >= 0.6 is 11.6 Å². The number of esters is 1. The molecule has 84 valence electrons. The summed E-state index contributed by atoms with van der Waals surface area (Å²) < 4.78 is 4.69. The summed E-state index contributed by atoms with van der Waals surface area (Å²) in [5, 5.41) is 0.